The molecule has 0 amide bonds. The molecule has 84 valence electrons. The van der Waals surface area contributed by atoms with E-state index in [0.29, 0.717) is 0 Å². The first-order chi connectivity index (χ1) is 8.24. The number of rotatable bonds is 1. The number of benzene rings is 1. The Balaban J connectivity index is 2.24. The average molecular weight is 307 g/mol. The highest BCUT2D eigenvalue weighted by Crippen LogP contribution is 2.29. The van der Waals surface area contributed by atoms with Crippen molar-refractivity contribution in [3.05, 3.63) is 51.4 Å². The molecular weight excluding hydrogens is 300 g/mol. The van der Waals surface area contributed by atoms with Gasteiger partial charge in [0.2, 0.25) is 5.56 Å². The Morgan fingerprint density at radius 1 is 1.24 bits per heavy atom. The van der Waals surface area contributed by atoms with Gasteiger partial charge in [0.25, 0.3) is 0 Å². The van der Waals surface area contributed by atoms with Crippen molar-refractivity contribution in [1.82, 2.24) is 9.36 Å². The summed E-state index contributed by atoms with van der Waals surface area (Å²) in [6.07, 6.45) is 1.72. The first-order valence-electron chi connectivity index (χ1n) is 4.98. The highest BCUT2D eigenvalue weighted by atomic mass is 79.9. The first kappa shape index (κ1) is 10.7. The number of pyridine rings is 1. The van der Waals surface area contributed by atoms with Crippen LogP contribution in [0.3, 0.4) is 0 Å². The lowest BCUT2D eigenvalue weighted by molar-refractivity contribution is 1.27. The van der Waals surface area contributed by atoms with Gasteiger partial charge in [0.1, 0.15) is 0 Å². The number of aromatic nitrogens is 2. The SMILES string of the molecule is O=c1cc2snc(-c3ccc(Br)cc3)c2c[nH]1. The van der Waals surface area contributed by atoms with Gasteiger partial charge in [-0.25, -0.2) is 0 Å². The van der Waals surface area contributed by atoms with E-state index in [0.717, 1.165) is 25.8 Å². The van der Waals surface area contributed by atoms with Gasteiger partial charge in [-0.15, -0.1) is 0 Å². The van der Waals surface area contributed by atoms with Crippen LogP contribution in [-0.4, -0.2) is 9.36 Å². The Morgan fingerprint density at radius 2 is 2.00 bits per heavy atom. The maximum atomic E-state index is 11.2. The standard InChI is InChI=1S/C12H7BrN2OS/c13-8-3-1-7(2-4-8)12-9-6-14-11(16)5-10(9)17-15-12/h1-6H,(H,14,16). The molecule has 0 unspecified atom stereocenters. The number of nitrogens with zero attached hydrogens (tertiary/aromatic N) is 1. The number of H-pyrrole nitrogens is 1. The van der Waals surface area contributed by atoms with Crippen molar-refractivity contribution in [3.63, 3.8) is 0 Å². The molecular formula is C12H7BrN2OS. The molecule has 2 aromatic heterocycles. The van der Waals surface area contributed by atoms with Crippen LogP contribution in [0.4, 0.5) is 0 Å². The monoisotopic (exact) mass is 306 g/mol. The van der Waals surface area contributed by atoms with E-state index in [2.05, 4.69) is 25.3 Å². The van der Waals surface area contributed by atoms with Crippen LogP contribution in [0.1, 0.15) is 0 Å². The van der Waals surface area contributed by atoms with E-state index in [-0.39, 0.29) is 5.56 Å². The number of fused-ring (bicyclic) bond motifs is 1. The van der Waals surface area contributed by atoms with E-state index in [1.807, 2.05) is 24.3 Å². The lowest BCUT2D eigenvalue weighted by Gasteiger charge is -1.98. The summed E-state index contributed by atoms with van der Waals surface area (Å²) in [5, 5.41) is 0.983. The van der Waals surface area contributed by atoms with E-state index in [4.69, 9.17) is 0 Å². The Labute approximate surface area is 109 Å². The Bertz CT molecular complexity index is 730. The zero-order valence-electron chi connectivity index (χ0n) is 8.61. The molecule has 0 aliphatic rings. The summed E-state index contributed by atoms with van der Waals surface area (Å²) in [4.78, 5) is 13.9. The summed E-state index contributed by atoms with van der Waals surface area (Å²) >= 11 is 4.75. The molecule has 0 bridgehead atoms. The smallest absolute Gasteiger partial charge is 0.249 e. The molecule has 0 radical (unpaired) electrons. The maximum absolute atomic E-state index is 11.2. The van der Waals surface area contributed by atoms with Gasteiger partial charge in [-0.05, 0) is 23.7 Å². The fourth-order valence-electron chi connectivity index (χ4n) is 1.67. The molecule has 1 N–H and O–H groups in total. The van der Waals surface area contributed by atoms with Crippen molar-refractivity contribution >= 4 is 37.5 Å². The highest BCUT2D eigenvalue weighted by Gasteiger charge is 2.08. The third-order valence-corrected chi connectivity index (χ3v) is 3.83. The normalized spacial score (nSPS) is 10.9. The molecule has 3 rings (SSSR count). The Kier molecular flexibility index (Phi) is 2.57. The van der Waals surface area contributed by atoms with Crippen LogP contribution in [-0.2, 0) is 0 Å². The van der Waals surface area contributed by atoms with Crippen LogP contribution in [0.15, 0.2) is 45.8 Å². The van der Waals surface area contributed by atoms with Gasteiger partial charge in [0.15, 0.2) is 0 Å². The molecule has 1 aromatic carbocycles. The molecule has 0 atom stereocenters. The predicted octanol–water partition coefficient (Wildman–Crippen LogP) is 3.41. The van der Waals surface area contributed by atoms with E-state index in [1.54, 1.807) is 12.3 Å². The fraction of sp³-hybridized carbons (Fsp3) is 0. The quantitative estimate of drug-likeness (QED) is 0.749. The third kappa shape index (κ3) is 1.92. The summed E-state index contributed by atoms with van der Waals surface area (Å²) in [6.45, 7) is 0. The van der Waals surface area contributed by atoms with Crippen LogP contribution >= 0.6 is 27.5 Å². The minimum atomic E-state index is -0.0940. The minimum Gasteiger partial charge on any atom is -0.328 e. The summed E-state index contributed by atoms with van der Waals surface area (Å²) in [6, 6.07) is 9.54. The topological polar surface area (TPSA) is 45.8 Å². The van der Waals surface area contributed by atoms with E-state index < -0.39 is 0 Å². The molecule has 0 aliphatic heterocycles. The first-order valence-corrected chi connectivity index (χ1v) is 6.55. The van der Waals surface area contributed by atoms with Gasteiger partial charge in [0, 0.05) is 27.7 Å². The fourth-order valence-corrected chi connectivity index (χ4v) is 2.74. The van der Waals surface area contributed by atoms with Crippen LogP contribution in [0.25, 0.3) is 21.3 Å². The Morgan fingerprint density at radius 3 is 2.76 bits per heavy atom. The second kappa shape index (κ2) is 4.09. The van der Waals surface area contributed by atoms with Gasteiger partial charge >= 0.3 is 0 Å². The van der Waals surface area contributed by atoms with E-state index in [9.17, 15) is 4.79 Å². The molecule has 0 aliphatic carbocycles. The predicted molar refractivity (Wildman–Crippen MR) is 73.4 cm³/mol. The molecule has 5 heteroatoms. The summed E-state index contributed by atoms with van der Waals surface area (Å²) in [5.41, 5.74) is 1.86. The molecule has 0 saturated carbocycles. The molecule has 0 spiro atoms. The maximum Gasteiger partial charge on any atom is 0.249 e. The van der Waals surface area contributed by atoms with Crippen molar-refractivity contribution in [2.75, 3.05) is 0 Å². The number of nitrogens with one attached hydrogen (secondary N) is 1. The van der Waals surface area contributed by atoms with E-state index >= 15 is 0 Å². The summed E-state index contributed by atoms with van der Waals surface area (Å²) in [7, 11) is 0. The van der Waals surface area contributed by atoms with Crippen molar-refractivity contribution in [3.8, 4) is 11.3 Å². The van der Waals surface area contributed by atoms with Crippen LogP contribution in [0.2, 0.25) is 0 Å². The van der Waals surface area contributed by atoms with Gasteiger partial charge in [0.05, 0.1) is 10.4 Å². The highest BCUT2D eigenvalue weighted by molar-refractivity contribution is 9.10. The van der Waals surface area contributed by atoms with Crippen molar-refractivity contribution in [2.45, 2.75) is 0 Å². The molecule has 0 saturated heterocycles. The number of aromatic amines is 1. The lowest BCUT2D eigenvalue weighted by Crippen LogP contribution is -2.00. The second-order valence-corrected chi connectivity index (χ2v) is 5.33. The zero-order chi connectivity index (χ0) is 11.8. The Hall–Kier alpha value is -1.46. The minimum absolute atomic E-state index is 0.0940. The van der Waals surface area contributed by atoms with E-state index in [1.165, 1.54) is 11.5 Å². The van der Waals surface area contributed by atoms with Gasteiger partial charge in [-0.3, -0.25) is 4.79 Å². The molecule has 3 nitrogen and oxygen atoms in total. The average Bonchev–Trinajstić information content (AvgIpc) is 2.73. The van der Waals surface area contributed by atoms with Gasteiger partial charge < -0.3 is 4.98 Å². The third-order valence-electron chi connectivity index (χ3n) is 2.49. The van der Waals surface area contributed by atoms with Crippen LogP contribution in [0.5, 0.6) is 0 Å². The van der Waals surface area contributed by atoms with Crippen LogP contribution in [0, 0.1) is 0 Å². The number of hydrogen-bond donors (Lipinski definition) is 1. The molecule has 17 heavy (non-hydrogen) atoms. The van der Waals surface area contributed by atoms with Crippen molar-refractivity contribution < 1.29 is 0 Å². The number of hydrogen-bond acceptors (Lipinski definition) is 3. The molecule has 2 heterocycles. The molecule has 0 fully saturated rings. The summed E-state index contributed by atoms with van der Waals surface area (Å²) < 4.78 is 6.35. The van der Waals surface area contributed by atoms with Crippen LogP contribution < -0.4 is 5.56 Å². The van der Waals surface area contributed by atoms with Crippen molar-refractivity contribution in [1.29, 1.82) is 0 Å². The lowest BCUT2D eigenvalue weighted by atomic mass is 10.1. The summed E-state index contributed by atoms with van der Waals surface area (Å²) in [5.74, 6) is 0. The van der Waals surface area contributed by atoms with Gasteiger partial charge in [-0.2, -0.15) is 4.37 Å². The largest absolute Gasteiger partial charge is 0.328 e. The van der Waals surface area contributed by atoms with Gasteiger partial charge in [-0.1, -0.05) is 28.1 Å². The van der Waals surface area contributed by atoms with Crippen molar-refractivity contribution in [2.24, 2.45) is 0 Å². The second-order valence-electron chi connectivity index (χ2n) is 3.61. The number of halogens is 1. The molecule has 3 aromatic rings. The zero-order valence-corrected chi connectivity index (χ0v) is 11.0.